The van der Waals surface area contributed by atoms with Crippen molar-refractivity contribution in [2.45, 2.75) is 19.3 Å². The van der Waals surface area contributed by atoms with Gasteiger partial charge < -0.3 is 15.3 Å². The maximum atomic E-state index is 13.2. The van der Waals surface area contributed by atoms with Gasteiger partial charge in [-0.05, 0) is 55.0 Å². The summed E-state index contributed by atoms with van der Waals surface area (Å²) in [6.45, 7) is 2.29. The van der Waals surface area contributed by atoms with Crippen LogP contribution in [0.1, 0.15) is 19.3 Å². The van der Waals surface area contributed by atoms with E-state index in [1.807, 2.05) is 12.1 Å². The molecule has 0 bridgehead atoms. The lowest BCUT2D eigenvalue weighted by Crippen LogP contribution is -2.35. The molecule has 1 saturated heterocycles. The van der Waals surface area contributed by atoms with Crippen LogP contribution in [0.3, 0.4) is 0 Å². The number of nitrogens with one attached hydrogen (secondary N) is 1. The van der Waals surface area contributed by atoms with Gasteiger partial charge in [-0.25, -0.2) is 14.2 Å². The zero-order valence-electron chi connectivity index (χ0n) is 14.0. The number of pyridine rings is 1. The largest absolute Gasteiger partial charge is 0.465 e. The Balaban J connectivity index is 1.66. The van der Waals surface area contributed by atoms with Gasteiger partial charge in [0, 0.05) is 31.4 Å². The minimum Gasteiger partial charge on any atom is -0.465 e. The average Bonchev–Trinajstić information content (AvgIpc) is 2.63. The van der Waals surface area contributed by atoms with E-state index in [0.717, 1.165) is 49.3 Å². The van der Waals surface area contributed by atoms with Crippen LogP contribution in [0.4, 0.5) is 15.0 Å². The molecular formula is C19H22FN3O2. The maximum Gasteiger partial charge on any atom is 0.404 e. The van der Waals surface area contributed by atoms with Gasteiger partial charge in [0.05, 0.1) is 0 Å². The molecular weight excluding hydrogens is 321 g/mol. The highest BCUT2D eigenvalue weighted by Gasteiger charge is 2.22. The fourth-order valence-electron chi connectivity index (χ4n) is 3.32. The number of piperidine rings is 1. The smallest absolute Gasteiger partial charge is 0.404 e. The van der Waals surface area contributed by atoms with Crippen LogP contribution in [0, 0.1) is 11.7 Å². The van der Waals surface area contributed by atoms with Crippen molar-refractivity contribution < 1.29 is 14.3 Å². The molecule has 1 amide bonds. The lowest BCUT2D eigenvalue weighted by Gasteiger charge is -2.34. The van der Waals surface area contributed by atoms with Gasteiger partial charge in [0.2, 0.25) is 0 Å². The Morgan fingerprint density at radius 1 is 1.24 bits per heavy atom. The van der Waals surface area contributed by atoms with Crippen LogP contribution in [0.15, 0.2) is 42.6 Å². The Hall–Kier alpha value is -2.63. The summed E-state index contributed by atoms with van der Waals surface area (Å²) < 4.78 is 13.2. The number of hydrogen-bond acceptors (Lipinski definition) is 3. The van der Waals surface area contributed by atoms with Crippen LogP contribution in [-0.4, -0.2) is 35.8 Å². The van der Waals surface area contributed by atoms with E-state index in [1.54, 1.807) is 18.3 Å². The molecule has 1 aromatic heterocycles. The van der Waals surface area contributed by atoms with E-state index in [1.165, 1.54) is 12.1 Å². The Morgan fingerprint density at radius 3 is 2.64 bits per heavy atom. The molecule has 0 atom stereocenters. The monoisotopic (exact) mass is 343 g/mol. The van der Waals surface area contributed by atoms with Crippen LogP contribution >= 0.6 is 0 Å². The molecule has 1 aliphatic heterocycles. The lowest BCUT2D eigenvalue weighted by molar-refractivity contribution is 0.193. The first-order chi connectivity index (χ1) is 12.1. The number of aromatic nitrogens is 1. The van der Waals surface area contributed by atoms with Crippen LogP contribution < -0.4 is 10.2 Å². The van der Waals surface area contributed by atoms with Crippen LogP contribution in [0.25, 0.3) is 11.1 Å². The molecule has 3 rings (SSSR count). The van der Waals surface area contributed by atoms with E-state index < -0.39 is 6.09 Å². The molecule has 0 saturated carbocycles. The number of anilines is 1. The molecule has 0 unspecified atom stereocenters. The molecule has 5 nitrogen and oxygen atoms in total. The molecule has 2 heterocycles. The third-order valence-corrected chi connectivity index (χ3v) is 4.68. The topological polar surface area (TPSA) is 65.5 Å². The first-order valence-corrected chi connectivity index (χ1v) is 8.56. The van der Waals surface area contributed by atoms with Crippen molar-refractivity contribution in [2.24, 2.45) is 5.92 Å². The van der Waals surface area contributed by atoms with Crippen molar-refractivity contribution in [3.8, 4) is 11.1 Å². The van der Waals surface area contributed by atoms with Crippen molar-refractivity contribution >= 4 is 11.9 Å². The minimum atomic E-state index is -0.963. The van der Waals surface area contributed by atoms with Gasteiger partial charge in [-0.1, -0.05) is 12.1 Å². The number of carbonyl (C=O) groups is 1. The molecule has 1 fully saturated rings. The molecule has 0 aliphatic carbocycles. The number of nitrogens with zero attached hydrogens (tertiary/aromatic N) is 2. The Labute approximate surface area is 146 Å². The van der Waals surface area contributed by atoms with Crippen molar-refractivity contribution in [3.63, 3.8) is 0 Å². The minimum absolute atomic E-state index is 0.245. The predicted molar refractivity (Wildman–Crippen MR) is 95.2 cm³/mol. The fraction of sp³-hybridized carbons (Fsp3) is 0.368. The highest BCUT2D eigenvalue weighted by atomic mass is 19.1. The average molecular weight is 343 g/mol. The van der Waals surface area contributed by atoms with Gasteiger partial charge in [-0.15, -0.1) is 0 Å². The van der Waals surface area contributed by atoms with E-state index in [0.29, 0.717) is 12.5 Å². The molecule has 1 aliphatic rings. The second kappa shape index (κ2) is 7.96. The summed E-state index contributed by atoms with van der Waals surface area (Å²) in [5, 5.41) is 11.1. The Bertz CT molecular complexity index is 713. The van der Waals surface area contributed by atoms with E-state index in [2.05, 4.69) is 15.2 Å². The summed E-state index contributed by atoms with van der Waals surface area (Å²) in [7, 11) is 0. The molecule has 2 aromatic rings. The number of hydrogen-bond donors (Lipinski definition) is 2. The second-order valence-corrected chi connectivity index (χ2v) is 6.33. The van der Waals surface area contributed by atoms with Gasteiger partial charge in [-0.3, -0.25) is 0 Å². The molecule has 2 N–H and O–H groups in total. The zero-order valence-corrected chi connectivity index (χ0v) is 14.0. The summed E-state index contributed by atoms with van der Waals surface area (Å²) in [5.41, 5.74) is 1.96. The SMILES string of the molecule is O=C(O)NCCC1CCN(c2ncccc2-c2ccc(F)cc2)CC1. The van der Waals surface area contributed by atoms with Gasteiger partial charge in [-0.2, -0.15) is 0 Å². The summed E-state index contributed by atoms with van der Waals surface area (Å²) in [6.07, 6.45) is 3.72. The normalized spacial score (nSPS) is 15.2. The van der Waals surface area contributed by atoms with E-state index >= 15 is 0 Å². The van der Waals surface area contributed by atoms with E-state index in [9.17, 15) is 9.18 Å². The fourth-order valence-corrected chi connectivity index (χ4v) is 3.32. The Kier molecular flexibility index (Phi) is 5.48. The van der Waals surface area contributed by atoms with E-state index in [4.69, 9.17) is 5.11 Å². The number of rotatable bonds is 5. The third-order valence-electron chi connectivity index (χ3n) is 4.68. The van der Waals surface area contributed by atoms with Gasteiger partial charge in [0.15, 0.2) is 0 Å². The number of benzene rings is 1. The van der Waals surface area contributed by atoms with Crippen molar-refractivity contribution in [3.05, 3.63) is 48.4 Å². The maximum absolute atomic E-state index is 13.2. The summed E-state index contributed by atoms with van der Waals surface area (Å²) >= 11 is 0. The van der Waals surface area contributed by atoms with Gasteiger partial charge in [0.25, 0.3) is 0 Å². The molecule has 0 spiro atoms. The van der Waals surface area contributed by atoms with Crippen LogP contribution in [0.2, 0.25) is 0 Å². The number of carboxylic acid groups (broad SMARTS) is 1. The number of amides is 1. The highest BCUT2D eigenvalue weighted by Crippen LogP contribution is 2.32. The first kappa shape index (κ1) is 17.2. The molecule has 6 heteroatoms. The zero-order chi connectivity index (χ0) is 17.6. The first-order valence-electron chi connectivity index (χ1n) is 8.56. The van der Waals surface area contributed by atoms with E-state index in [-0.39, 0.29) is 5.82 Å². The van der Waals surface area contributed by atoms with Crippen LogP contribution in [0.5, 0.6) is 0 Å². The van der Waals surface area contributed by atoms with Gasteiger partial charge in [0.1, 0.15) is 11.6 Å². The van der Waals surface area contributed by atoms with Crippen molar-refractivity contribution in [1.82, 2.24) is 10.3 Å². The molecule has 0 radical (unpaired) electrons. The summed E-state index contributed by atoms with van der Waals surface area (Å²) in [5.74, 6) is 1.21. The predicted octanol–water partition coefficient (Wildman–Crippen LogP) is 3.76. The van der Waals surface area contributed by atoms with Crippen molar-refractivity contribution in [2.75, 3.05) is 24.5 Å². The number of halogens is 1. The molecule has 1 aromatic carbocycles. The van der Waals surface area contributed by atoms with Crippen LogP contribution in [-0.2, 0) is 0 Å². The molecule has 132 valence electrons. The second-order valence-electron chi connectivity index (χ2n) is 6.33. The lowest BCUT2D eigenvalue weighted by atomic mass is 9.93. The van der Waals surface area contributed by atoms with Gasteiger partial charge >= 0.3 is 6.09 Å². The quantitative estimate of drug-likeness (QED) is 0.867. The summed E-state index contributed by atoms with van der Waals surface area (Å²) in [4.78, 5) is 17.3. The summed E-state index contributed by atoms with van der Waals surface area (Å²) in [6, 6.07) is 10.4. The third kappa shape index (κ3) is 4.47. The highest BCUT2D eigenvalue weighted by molar-refractivity contribution is 5.75. The Morgan fingerprint density at radius 2 is 1.96 bits per heavy atom. The van der Waals surface area contributed by atoms with Crippen molar-refractivity contribution in [1.29, 1.82) is 0 Å². The molecule has 25 heavy (non-hydrogen) atoms. The standard InChI is InChI=1S/C19H22FN3O2/c20-16-5-3-15(4-6-16)17-2-1-10-21-18(17)23-12-8-14(9-13-23)7-11-22-19(24)25/h1-6,10,14,22H,7-9,11-13H2,(H,24,25).